The van der Waals surface area contributed by atoms with Gasteiger partial charge in [-0.05, 0) is 25.1 Å². The van der Waals surface area contributed by atoms with E-state index in [0.717, 1.165) is 0 Å². The van der Waals surface area contributed by atoms with Gasteiger partial charge in [-0.2, -0.15) is 0 Å². The maximum Gasteiger partial charge on any atom is 0.451 e. The van der Waals surface area contributed by atoms with Crippen LogP contribution in [0.5, 0.6) is 0 Å². The molecule has 23 heavy (non-hydrogen) atoms. The number of likely N-dealkylation sites (tertiary alicyclic amines) is 1. The van der Waals surface area contributed by atoms with Crippen LogP contribution in [0, 0.1) is 11.8 Å². The van der Waals surface area contributed by atoms with Crippen molar-refractivity contribution in [3.8, 4) is 0 Å². The molecule has 1 aliphatic heterocycles. The monoisotopic (exact) mass is 329 g/mol. The number of aliphatic carboxylic acids is 1. The number of carbonyl (C=O) groups excluding carboxylic acids is 1. The van der Waals surface area contributed by atoms with Crippen LogP contribution in [0.1, 0.15) is 33.1 Å². The Bertz CT molecular complexity index is 435. The second-order valence-electron chi connectivity index (χ2n) is 6.91. The highest BCUT2D eigenvalue weighted by Gasteiger charge is 2.50. The molecule has 9 heteroatoms. The van der Waals surface area contributed by atoms with Crippen LogP contribution < -0.4 is 11.5 Å². The number of nitrogens with two attached hydrogens (primary N) is 2. The quantitative estimate of drug-likeness (QED) is 0.353. The van der Waals surface area contributed by atoms with Crippen molar-refractivity contribution in [2.24, 2.45) is 23.3 Å². The first-order chi connectivity index (χ1) is 10.6. The molecule has 0 unspecified atom stereocenters. The van der Waals surface area contributed by atoms with E-state index in [9.17, 15) is 14.7 Å². The molecule has 0 aromatic carbocycles. The number of hydrogen-bond acceptors (Lipinski definition) is 6. The van der Waals surface area contributed by atoms with Crippen molar-refractivity contribution in [3.63, 3.8) is 0 Å². The summed E-state index contributed by atoms with van der Waals surface area (Å²) in [6.45, 7) is 4.09. The maximum absolute atomic E-state index is 12.4. The van der Waals surface area contributed by atoms with Gasteiger partial charge in [-0.25, -0.2) is 0 Å². The van der Waals surface area contributed by atoms with E-state index in [1.807, 2.05) is 13.8 Å². The van der Waals surface area contributed by atoms with Gasteiger partial charge in [0, 0.05) is 19.0 Å². The second kappa shape index (κ2) is 8.10. The molecule has 8 nitrogen and oxygen atoms in total. The Balaban J connectivity index is 2.75. The van der Waals surface area contributed by atoms with Crippen LogP contribution in [0.15, 0.2) is 0 Å². The summed E-state index contributed by atoms with van der Waals surface area (Å²) in [6, 6.07) is -0.661. The second-order valence-corrected chi connectivity index (χ2v) is 6.91. The Kier molecular flexibility index (Phi) is 7.00. The van der Waals surface area contributed by atoms with E-state index in [-0.39, 0.29) is 31.2 Å². The Hall–Kier alpha value is -1.16. The molecule has 0 spiro atoms. The zero-order valence-corrected chi connectivity index (χ0v) is 13.8. The van der Waals surface area contributed by atoms with Gasteiger partial charge in [0.05, 0.1) is 6.04 Å². The van der Waals surface area contributed by atoms with Gasteiger partial charge in [0.15, 0.2) is 0 Å². The molecule has 1 amide bonds. The van der Waals surface area contributed by atoms with Crippen LogP contribution in [0.3, 0.4) is 0 Å². The van der Waals surface area contributed by atoms with E-state index in [4.69, 9.17) is 21.5 Å². The summed E-state index contributed by atoms with van der Waals surface area (Å²) in [6.07, 6.45) is 1.51. The first kappa shape index (κ1) is 19.9. The highest BCUT2D eigenvalue weighted by molar-refractivity contribution is 6.40. The van der Waals surface area contributed by atoms with Crippen molar-refractivity contribution >= 4 is 19.0 Å². The Labute approximate surface area is 137 Å². The first-order valence-electron chi connectivity index (χ1n) is 8.00. The first-order valence-corrected chi connectivity index (χ1v) is 8.00. The topological polar surface area (TPSA) is 150 Å². The number of carbonyl (C=O) groups is 2. The summed E-state index contributed by atoms with van der Waals surface area (Å²) in [5.41, 5.74) is 10.4. The van der Waals surface area contributed by atoms with E-state index < -0.39 is 30.6 Å². The lowest BCUT2D eigenvalue weighted by Crippen LogP contribution is -2.55. The SMILES string of the molecule is CC(C)C[C@H](N)C(=O)N1C[C@H](CCCB(O)O)[C@](N)(C(=O)O)C1. The minimum Gasteiger partial charge on any atom is -0.480 e. The minimum absolute atomic E-state index is 0.0701. The van der Waals surface area contributed by atoms with Crippen molar-refractivity contribution in [1.82, 2.24) is 4.90 Å². The van der Waals surface area contributed by atoms with Gasteiger partial charge in [-0.15, -0.1) is 0 Å². The molecule has 1 rings (SSSR count). The highest BCUT2D eigenvalue weighted by Crippen LogP contribution is 2.31. The molecule has 7 N–H and O–H groups in total. The predicted octanol–water partition coefficient (Wildman–Crippen LogP) is -1.15. The largest absolute Gasteiger partial charge is 0.480 e. The molecule has 0 saturated carbocycles. The fourth-order valence-electron chi connectivity index (χ4n) is 3.09. The average Bonchev–Trinajstić information content (AvgIpc) is 2.75. The van der Waals surface area contributed by atoms with E-state index in [1.54, 1.807) is 0 Å². The molecular weight excluding hydrogens is 301 g/mol. The third-order valence-corrected chi connectivity index (χ3v) is 4.39. The summed E-state index contributed by atoms with van der Waals surface area (Å²) >= 11 is 0. The zero-order chi connectivity index (χ0) is 17.8. The molecular formula is C14H28BN3O5. The lowest BCUT2D eigenvalue weighted by molar-refractivity contribution is -0.144. The standard InChI is InChI=1S/C14H28BN3O5/c1-9(2)6-11(16)12(19)18-7-10(4-3-5-15(22)23)14(17,8-18)13(20)21/h9-11,22-23H,3-8,16-17H2,1-2H3,(H,20,21)/t10-,11-,14-/m0/s1. The van der Waals surface area contributed by atoms with Crippen LogP contribution in [0.4, 0.5) is 0 Å². The molecule has 0 aromatic heterocycles. The van der Waals surface area contributed by atoms with Gasteiger partial charge in [0.1, 0.15) is 5.54 Å². The molecule has 1 fully saturated rings. The van der Waals surface area contributed by atoms with E-state index >= 15 is 0 Å². The average molecular weight is 329 g/mol. The summed E-state index contributed by atoms with van der Waals surface area (Å²) in [4.78, 5) is 25.4. The summed E-state index contributed by atoms with van der Waals surface area (Å²) in [7, 11) is -1.43. The van der Waals surface area contributed by atoms with Crippen LogP contribution in [-0.2, 0) is 9.59 Å². The summed E-state index contributed by atoms with van der Waals surface area (Å²) in [5, 5.41) is 27.2. The van der Waals surface area contributed by atoms with E-state index in [2.05, 4.69) is 0 Å². The Morgan fingerprint density at radius 1 is 1.39 bits per heavy atom. The predicted molar refractivity (Wildman–Crippen MR) is 86.3 cm³/mol. The van der Waals surface area contributed by atoms with Gasteiger partial charge in [0.2, 0.25) is 5.91 Å². The van der Waals surface area contributed by atoms with Crippen molar-refractivity contribution in [2.45, 2.75) is 51.0 Å². The molecule has 0 aromatic rings. The van der Waals surface area contributed by atoms with Crippen molar-refractivity contribution in [2.75, 3.05) is 13.1 Å². The number of carboxylic acids is 1. The smallest absolute Gasteiger partial charge is 0.451 e. The van der Waals surface area contributed by atoms with Crippen LogP contribution in [0.25, 0.3) is 0 Å². The molecule has 0 aliphatic carbocycles. The molecule has 3 atom stereocenters. The maximum atomic E-state index is 12.4. The number of nitrogens with zero attached hydrogens (tertiary/aromatic N) is 1. The molecule has 0 radical (unpaired) electrons. The van der Waals surface area contributed by atoms with Crippen molar-refractivity contribution in [1.29, 1.82) is 0 Å². The molecule has 1 heterocycles. The van der Waals surface area contributed by atoms with E-state index in [0.29, 0.717) is 19.3 Å². The lowest BCUT2D eigenvalue weighted by atomic mass is 9.78. The van der Waals surface area contributed by atoms with Gasteiger partial charge >= 0.3 is 13.1 Å². The van der Waals surface area contributed by atoms with Gasteiger partial charge in [0.25, 0.3) is 0 Å². The molecule has 1 aliphatic rings. The molecule has 1 saturated heterocycles. The van der Waals surface area contributed by atoms with Crippen LogP contribution in [0.2, 0.25) is 6.32 Å². The van der Waals surface area contributed by atoms with Gasteiger partial charge in [-0.1, -0.05) is 20.3 Å². The Morgan fingerprint density at radius 3 is 2.48 bits per heavy atom. The normalized spacial score (nSPS) is 25.7. The minimum atomic E-state index is -1.52. The summed E-state index contributed by atoms with van der Waals surface area (Å²) in [5.74, 6) is -1.60. The van der Waals surface area contributed by atoms with Crippen LogP contribution >= 0.6 is 0 Å². The van der Waals surface area contributed by atoms with Crippen molar-refractivity contribution < 1.29 is 24.7 Å². The summed E-state index contributed by atoms with van der Waals surface area (Å²) < 4.78 is 0. The van der Waals surface area contributed by atoms with Gasteiger partial charge in [-0.3, -0.25) is 9.59 Å². The fraction of sp³-hybridized carbons (Fsp3) is 0.857. The molecule has 132 valence electrons. The van der Waals surface area contributed by atoms with E-state index in [1.165, 1.54) is 4.90 Å². The van der Waals surface area contributed by atoms with Crippen molar-refractivity contribution in [3.05, 3.63) is 0 Å². The lowest BCUT2D eigenvalue weighted by Gasteiger charge is -2.25. The fourth-order valence-corrected chi connectivity index (χ4v) is 3.09. The third kappa shape index (κ3) is 5.17. The number of carboxylic acid groups (broad SMARTS) is 1. The zero-order valence-electron chi connectivity index (χ0n) is 13.8. The van der Waals surface area contributed by atoms with Crippen LogP contribution in [-0.4, -0.2) is 63.7 Å². The number of hydrogen-bond donors (Lipinski definition) is 5. The highest BCUT2D eigenvalue weighted by atomic mass is 16.4. The third-order valence-electron chi connectivity index (χ3n) is 4.39. The molecule has 0 bridgehead atoms. The number of rotatable bonds is 8. The Morgan fingerprint density at radius 2 is 2.00 bits per heavy atom. The number of amides is 1. The van der Waals surface area contributed by atoms with Gasteiger partial charge < -0.3 is 31.5 Å².